The smallest absolute Gasteiger partial charge is 0.258 e. The minimum Gasteiger partial charge on any atom is -0.369 e. The molecule has 0 saturated carbocycles. The number of benzene rings is 2. The molecule has 7 heteroatoms. The van der Waals surface area contributed by atoms with E-state index in [2.05, 4.69) is 75.9 Å². The van der Waals surface area contributed by atoms with Crippen LogP contribution in [0.15, 0.2) is 56.2 Å². The summed E-state index contributed by atoms with van der Waals surface area (Å²) in [6.45, 7) is 4.48. The van der Waals surface area contributed by atoms with E-state index in [0.29, 0.717) is 23.3 Å². The van der Waals surface area contributed by atoms with Gasteiger partial charge in [-0.15, -0.1) is 0 Å². The van der Waals surface area contributed by atoms with Crippen LogP contribution in [0.2, 0.25) is 0 Å². The SMILES string of the molecule is O=c1[nH]c(CN2CCN(c3ccccc3)CC2)nc2c(Br)cc(Br)cc12. The number of piperazine rings is 1. The Kier molecular flexibility index (Phi) is 5.11. The summed E-state index contributed by atoms with van der Waals surface area (Å²) < 4.78 is 1.68. The van der Waals surface area contributed by atoms with Gasteiger partial charge in [-0.1, -0.05) is 34.1 Å². The molecule has 0 amide bonds. The Bertz CT molecular complexity index is 982. The maximum Gasteiger partial charge on any atom is 0.258 e. The molecule has 5 nitrogen and oxygen atoms in total. The summed E-state index contributed by atoms with van der Waals surface area (Å²) in [5.41, 5.74) is 1.86. The summed E-state index contributed by atoms with van der Waals surface area (Å²) in [7, 11) is 0. The van der Waals surface area contributed by atoms with Crippen molar-refractivity contribution in [1.82, 2.24) is 14.9 Å². The summed E-state index contributed by atoms with van der Waals surface area (Å²) in [6, 6.07) is 14.2. The number of halogens is 2. The molecule has 1 N–H and O–H groups in total. The van der Waals surface area contributed by atoms with Crippen LogP contribution in [0, 0.1) is 0 Å². The lowest BCUT2D eigenvalue weighted by Gasteiger charge is -2.35. The number of hydrogen-bond donors (Lipinski definition) is 1. The first-order valence-electron chi connectivity index (χ1n) is 8.50. The van der Waals surface area contributed by atoms with Crippen LogP contribution in [0.25, 0.3) is 10.9 Å². The molecule has 26 heavy (non-hydrogen) atoms. The second-order valence-corrected chi connectivity index (χ2v) is 8.17. The van der Waals surface area contributed by atoms with Gasteiger partial charge in [-0.2, -0.15) is 0 Å². The first-order valence-corrected chi connectivity index (χ1v) is 10.1. The predicted molar refractivity (Wildman–Crippen MR) is 112 cm³/mol. The lowest BCUT2D eigenvalue weighted by molar-refractivity contribution is 0.244. The number of nitrogens with zero attached hydrogens (tertiary/aromatic N) is 3. The molecule has 0 aliphatic carbocycles. The minimum absolute atomic E-state index is 0.102. The molecular weight excluding hydrogens is 460 g/mol. The van der Waals surface area contributed by atoms with Gasteiger partial charge < -0.3 is 9.88 Å². The van der Waals surface area contributed by atoms with E-state index in [0.717, 1.165) is 35.1 Å². The summed E-state index contributed by atoms with van der Waals surface area (Å²) in [6.07, 6.45) is 0. The Balaban J connectivity index is 1.49. The van der Waals surface area contributed by atoms with E-state index in [1.807, 2.05) is 12.1 Å². The van der Waals surface area contributed by atoms with Crippen LogP contribution >= 0.6 is 31.9 Å². The first kappa shape index (κ1) is 17.7. The highest BCUT2D eigenvalue weighted by molar-refractivity contribution is 9.11. The van der Waals surface area contributed by atoms with Gasteiger partial charge in [0.25, 0.3) is 5.56 Å². The lowest BCUT2D eigenvalue weighted by atomic mass is 10.2. The molecule has 0 atom stereocenters. The second-order valence-electron chi connectivity index (χ2n) is 6.40. The number of H-pyrrole nitrogens is 1. The summed E-state index contributed by atoms with van der Waals surface area (Å²) in [4.78, 5) is 24.7. The third kappa shape index (κ3) is 3.70. The highest BCUT2D eigenvalue weighted by atomic mass is 79.9. The Morgan fingerprint density at radius 3 is 2.50 bits per heavy atom. The van der Waals surface area contributed by atoms with E-state index in [-0.39, 0.29) is 5.56 Å². The van der Waals surface area contributed by atoms with E-state index >= 15 is 0 Å². The van der Waals surface area contributed by atoms with Gasteiger partial charge in [-0.25, -0.2) is 4.98 Å². The van der Waals surface area contributed by atoms with Crippen LogP contribution in [0.4, 0.5) is 5.69 Å². The maximum absolute atomic E-state index is 12.4. The Hall–Kier alpha value is -1.70. The van der Waals surface area contributed by atoms with Crippen LogP contribution in [0.3, 0.4) is 0 Å². The molecule has 0 bridgehead atoms. The third-order valence-electron chi connectivity index (χ3n) is 4.64. The van der Waals surface area contributed by atoms with Crippen LogP contribution in [0.5, 0.6) is 0 Å². The van der Waals surface area contributed by atoms with Gasteiger partial charge in [-0.3, -0.25) is 9.69 Å². The molecule has 3 aromatic rings. The molecule has 1 fully saturated rings. The normalized spacial score (nSPS) is 15.5. The number of hydrogen-bond acceptors (Lipinski definition) is 4. The van der Waals surface area contributed by atoms with E-state index in [9.17, 15) is 4.79 Å². The standard InChI is InChI=1S/C19H18Br2N4O/c20-13-10-15-18(16(21)11-13)22-17(23-19(15)26)12-24-6-8-25(9-7-24)14-4-2-1-3-5-14/h1-5,10-11H,6-9,12H2,(H,22,23,26). The number of aromatic nitrogens is 2. The van der Waals surface area contributed by atoms with Crippen molar-refractivity contribution in [3.63, 3.8) is 0 Å². The van der Waals surface area contributed by atoms with Gasteiger partial charge in [0.2, 0.25) is 0 Å². The van der Waals surface area contributed by atoms with Crippen LogP contribution in [0.1, 0.15) is 5.82 Å². The van der Waals surface area contributed by atoms with Crippen molar-refractivity contribution in [2.24, 2.45) is 0 Å². The molecule has 1 aliphatic rings. The van der Waals surface area contributed by atoms with Crippen molar-refractivity contribution in [2.45, 2.75) is 6.54 Å². The number of para-hydroxylation sites is 1. The fourth-order valence-corrected chi connectivity index (χ4v) is 4.62. The molecule has 0 radical (unpaired) electrons. The molecule has 1 saturated heterocycles. The second kappa shape index (κ2) is 7.50. The van der Waals surface area contributed by atoms with Crippen molar-refractivity contribution in [3.8, 4) is 0 Å². The van der Waals surface area contributed by atoms with Gasteiger partial charge in [0.05, 0.1) is 17.4 Å². The maximum atomic E-state index is 12.4. The minimum atomic E-state index is -0.102. The average Bonchev–Trinajstić information content (AvgIpc) is 2.64. The fourth-order valence-electron chi connectivity index (χ4n) is 3.30. The Morgan fingerprint density at radius 1 is 1.04 bits per heavy atom. The highest BCUT2D eigenvalue weighted by Gasteiger charge is 2.18. The van der Waals surface area contributed by atoms with E-state index in [4.69, 9.17) is 0 Å². The molecule has 2 aromatic carbocycles. The van der Waals surface area contributed by atoms with E-state index in [1.54, 1.807) is 6.07 Å². The molecule has 134 valence electrons. The number of anilines is 1. The van der Waals surface area contributed by atoms with Gasteiger partial charge in [0.1, 0.15) is 5.82 Å². The Morgan fingerprint density at radius 2 is 1.77 bits per heavy atom. The van der Waals surface area contributed by atoms with Gasteiger partial charge in [0.15, 0.2) is 0 Å². The molecule has 0 spiro atoms. The molecular formula is C19H18Br2N4O. The highest BCUT2D eigenvalue weighted by Crippen LogP contribution is 2.25. The first-order chi connectivity index (χ1) is 12.6. The van der Waals surface area contributed by atoms with Crippen molar-refractivity contribution < 1.29 is 0 Å². The quantitative estimate of drug-likeness (QED) is 0.623. The monoisotopic (exact) mass is 476 g/mol. The van der Waals surface area contributed by atoms with Crippen molar-refractivity contribution in [1.29, 1.82) is 0 Å². The molecule has 2 heterocycles. The fraction of sp³-hybridized carbons (Fsp3) is 0.263. The Labute approximate surface area is 168 Å². The van der Waals surface area contributed by atoms with Crippen LogP contribution in [-0.2, 0) is 6.54 Å². The van der Waals surface area contributed by atoms with Crippen molar-refractivity contribution >= 4 is 48.5 Å². The molecule has 4 rings (SSSR count). The summed E-state index contributed by atoms with van der Waals surface area (Å²) in [5, 5.41) is 0.587. The molecule has 1 aliphatic heterocycles. The third-order valence-corrected chi connectivity index (χ3v) is 5.71. The zero-order valence-electron chi connectivity index (χ0n) is 14.1. The van der Waals surface area contributed by atoms with Gasteiger partial charge >= 0.3 is 0 Å². The predicted octanol–water partition coefficient (Wildman–Crippen LogP) is 3.77. The van der Waals surface area contributed by atoms with Gasteiger partial charge in [-0.05, 0) is 40.2 Å². The number of fused-ring (bicyclic) bond motifs is 1. The van der Waals surface area contributed by atoms with E-state index in [1.165, 1.54) is 5.69 Å². The molecule has 0 unspecified atom stereocenters. The van der Waals surface area contributed by atoms with Gasteiger partial charge in [0, 0.05) is 40.8 Å². The lowest BCUT2D eigenvalue weighted by Crippen LogP contribution is -2.46. The zero-order chi connectivity index (χ0) is 18.1. The number of rotatable bonds is 3. The molecule has 1 aromatic heterocycles. The number of aromatic amines is 1. The number of nitrogens with one attached hydrogen (secondary N) is 1. The van der Waals surface area contributed by atoms with Crippen LogP contribution < -0.4 is 10.5 Å². The average molecular weight is 478 g/mol. The van der Waals surface area contributed by atoms with Crippen molar-refractivity contribution in [2.75, 3.05) is 31.1 Å². The summed E-state index contributed by atoms with van der Waals surface area (Å²) in [5.74, 6) is 0.707. The van der Waals surface area contributed by atoms with Crippen molar-refractivity contribution in [3.05, 3.63) is 67.6 Å². The zero-order valence-corrected chi connectivity index (χ0v) is 17.3. The largest absolute Gasteiger partial charge is 0.369 e. The van der Waals surface area contributed by atoms with Crippen LogP contribution in [-0.4, -0.2) is 41.0 Å². The van der Waals surface area contributed by atoms with E-state index < -0.39 is 0 Å². The summed E-state index contributed by atoms with van der Waals surface area (Å²) >= 11 is 6.93. The topological polar surface area (TPSA) is 52.2 Å².